The van der Waals surface area contributed by atoms with Gasteiger partial charge in [-0.15, -0.1) is 16.5 Å². The van der Waals surface area contributed by atoms with E-state index in [-0.39, 0.29) is 17.2 Å². The second-order valence-corrected chi connectivity index (χ2v) is 5.91. The van der Waals surface area contributed by atoms with Gasteiger partial charge in [-0.25, -0.2) is 0 Å². The largest absolute Gasteiger partial charge is 0.347 e. The van der Waals surface area contributed by atoms with Crippen LogP contribution in [0.2, 0.25) is 0 Å². The molecule has 5 heteroatoms. The van der Waals surface area contributed by atoms with Gasteiger partial charge in [-0.2, -0.15) is 0 Å². The van der Waals surface area contributed by atoms with Crippen molar-refractivity contribution in [2.24, 2.45) is 23.5 Å². The fraction of sp³-hybridized carbons (Fsp3) is 1.00. The molecule has 4 unspecified atom stereocenters. The van der Waals surface area contributed by atoms with Crippen molar-refractivity contribution in [3.05, 3.63) is 0 Å². The van der Waals surface area contributed by atoms with Crippen molar-refractivity contribution in [3.8, 4) is 0 Å². The van der Waals surface area contributed by atoms with Gasteiger partial charge < -0.3 is 4.74 Å². The minimum atomic E-state index is -0.286. The van der Waals surface area contributed by atoms with E-state index in [2.05, 4.69) is 0 Å². The maximum absolute atomic E-state index is 6.15. The van der Waals surface area contributed by atoms with E-state index in [0.717, 1.165) is 38.2 Å². The van der Waals surface area contributed by atoms with Crippen LogP contribution in [0.5, 0.6) is 0 Å². The van der Waals surface area contributed by atoms with E-state index in [1.807, 2.05) is 0 Å². The van der Waals surface area contributed by atoms with Gasteiger partial charge >= 0.3 is 0 Å². The highest BCUT2D eigenvalue weighted by molar-refractivity contribution is 4.90. The van der Waals surface area contributed by atoms with E-state index in [1.165, 1.54) is 19.3 Å². The lowest BCUT2D eigenvalue weighted by atomic mass is 9.95. The molecule has 0 radical (unpaired) electrons. The summed E-state index contributed by atoms with van der Waals surface area (Å²) in [5, 5.41) is 0. The molecule has 1 heterocycles. The molecule has 0 aromatic heterocycles. The Bertz CT molecular complexity index is 279. The van der Waals surface area contributed by atoms with E-state index in [9.17, 15) is 0 Å². The van der Waals surface area contributed by atoms with Gasteiger partial charge in [0.05, 0.1) is 0 Å². The highest BCUT2D eigenvalue weighted by Gasteiger charge is 2.51. The Balaban J connectivity index is 1.60. The molecule has 0 aromatic carbocycles. The molecule has 3 aliphatic rings. The van der Waals surface area contributed by atoms with E-state index >= 15 is 0 Å². The monoisotopic (exact) mass is 242 g/mol. The molecule has 0 aromatic rings. The second-order valence-electron chi connectivity index (χ2n) is 5.91. The van der Waals surface area contributed by atoms with Crippen LogP contribution < -0.4 is 11.7 Å². The van der Waals surface area contributed by atoms with Gasteiger partial charge in [0.1, 0.15) is 0 Å². The van der Waals surface area contributed by atoms with Crippen LogP contribution in [0, 0.1) is 11.8 Å². The van der Waals surface area contributed by atoms with Crippen LogP contribution in [0.15, 0.2) is 0 Å². The Morgan fingerprint density at radius 3 is 2.53 bits per heavy atom. The molecule has 2 saturated carbocycles. The third-order valence-electron chi connectivity index (χ3n) is 4.66. The summed E-state index contributed by atoms with van der Waals surface area (Å²) in [6.07, 6.45) is 7.97. The van der Waals surface area contributed by atoms with Gasteiger partial charge in [-0.1, -0.05) is 0 Å². The number of quaternary nitrogens is 1. The molecule has 98 valence electrons. The number of rotatable bonds is 3. The highest BCUT2D eigenvalue weighted by Crippen LogP contribution is 2.47. The fourth-order valence-corrected chi connectivity index (χ4v) is 3.78. The maximum atomic E-state index is 6.15. The number of nitrogens with two attached hydrogens (primary N) is 2. The molecule has 5 nitrogen and oxygen atoms in total. The highest BCUT2D eigenvalue weighted by atomic mass is 16.9. The predicted molar refractivity (Wildman–Crippen MR) is 62.5 cm³/mol. The molecule has 3 fully saturated rings. The first-order valence-corrected chi connectivity index (χ1v) is 6.91. The Morgan fingerprint density at radius 1 is 1.06 bits per heavy atom. The molecule has 2 aliphatic carbocycles. The van der Waals surface area contributed by atoms with E-state index in [4.69, 9.17) is 21.3 Å². The van der Waals surface area contributed by atoms with E-state index in [0.29, 0.717) is 5.92 Å². The van der Waals surface area contributed by atoms with Crippen molar-refractivity contribution in [2.45, 2.75) is 57.3 Å². The number of hydroxylamine groups is 1. The van der Waals surface area contributed by atoms with Crippen LogP contribution in [0.4, 0.5) is 0 Å². The van der Waals surface area contributed by atoms with Crippen molar-refractivity contribution < 1.29 is 14.4 Å². The summed E-state index contributed by atoms with van der Waals surface area (Å²) in [5.41, 5.74) is 0. The minimum absolute atomic E-state index is 0.210. The molecule has 0 spiro atoms. The second kappa shape index (κ2) is 4.48. The van der Waals surface area contributed by atoms with E-state index < -0.39 is 0 Å². The number of hydrogen-bond donors (Lipinski definition) is 2. The molecule has 3 rings (SSSR count). The summed E-state index contributed by atoms with van der Waals surface area (Å²) in [7, 11) is 0. The lowest BCUT2D eigenvalue weighted by Crippen LogP contribution is -2.68. The van der Waals surface area contributed by atoms with Crippen molar-refractivity contribution in [1.82, 2.24) is 0 Å². The summed E-state index contributed by atoms with van der Waals surface area (Å²) in [5.74, 6) is 13.8. The van der Waals surface area contributed by atoms with Gasteiger partial charge in [-0.3, -0.25) is 0 Å². The molecular formula is C12H24N3O2+. The molecule has 1 aliphatic heterocycles. The summed E-state index contributed by atoms with van der Waals surface area (Å²) in [6, 6.07) is 0.263. The number of nitrogens with zero attached hydrogens (tertiary/aromatic N) is 1. The zero-order chi connectivity index (χ0) is 11.9. The van der Waals surface area contributed by atoms with Crippen molar-refractivity contribution in [3.63, 3.8) is 0 Å². The summed E-state index contributed by atoms with van der Waals surface area (Å²) in [6.45, 7) is 0.765. The van der Waals surface area contributed by atoms with Gasteiger partial charge in [0, 0.05) is 25.4 Å². The van der Waals surface area contributed by atoms with Crippen LogP contribution in [-0.4, -0.2) is 23.8 Å². The van der Waals surface area contributed by atoms with Crippen molar-refractivity contribution in [1.29, 1.82) is 0 Å². The average Bonchev–Trinajstić information content (AvgIpc) is 2.91. The van der Waals surface area contributed by atoms with Crippen molar-refractivity contribution >= 4 is 0 Å². The van der Waals surface area contributed by atoms with Crippen LogP contribution in [0.3, 0.4) is 0 Å². The van der Waals surface area contributed by atoms with Crippen molar-refractivity contribution in [2.75, 3.05) is 6.61 Å². The maximum Gasteiger partial charge on any atom is 0.220 e. The van der Waals surface area contributed by atoms with Gasteiger partial charge in [-0.05, 0) is 42.9 Å². The third-order valence-corrected chi connectivity index (χ3v) is 4.66. The fourth-order valence-electron chi connectivity index (χ4n) is 3.78. The first-order chi connectivity index (χ1) is 8.15. The normalized spacial score (nSPS) is 42.0. The lowest BCUT2D eigenvalue weighted by Gasteiger charge is -2.37. The van der Waals surface area contributed by atoms with Crippen LogP contribution in [0.1, 0.15) is 44.9 Å². The SMILES string of the molecule is N[N+](N)(OC1CCCCO1)C1CC2CCC1C2. The van der Waals surface area contributed by atoms with Gasteiger partial charge in [0.2, 0.25) is 6.29 Å². The molecule has 0 amide bonds. The van der Waals surface area contributed by atoms with Crippen LogP contribution >= 0.6 is 0 Å². The zero-order valence-corrected chi connectivity index (χ0v) is 10.4. The Kier molecular flexibility index (Phi) is 3.13. The topological polar surface area (TPSA) is 70.5 Å². The summed E-state index contributed by atoms with van der Waals surface area (Å²) >= 11 is 0. The minimum Gasteiger partial charge on any atom is -0.347 e. The first-order valence-electron chi connectivity index (χ1n) is 6.91. The standard InChI is InChI=1S/C12H24N3O2/c13-15(14,17-12-3-1-2-6-16-12)11-8-9-4-5-10(11)7-9/h9-12H,1-8,13-14H2/q+1. The Labute approximate surface area is 103 Å². The smallest absolute Gasteiger partial charge is 0.220 e. The Morgan fingerprint density at radius 2 is 1.94 bits per heavy atom. The first kappa shape index (κ1) is 11.9. The van der Waals surface area contributed by atoms with Gasteiger partial charge in [0.15, 0.2) is 6.04 Å². The van der Waals surface area contributed by atoms with E-state index in [1.54, 1.807) is 0 Å². The molecule has 17 heavy (non-hydrogen) atoms. The van der Waals surface area contributed by atoms with Crippen LogP contribution in [-0.2, 0) is 9.57 Å². The molecule has 1 saturated heterocycles. The molecule has 4 atom stereocenters. The summed E-state index contributed by atoms with van der Waals surface area (Å²) < 4.78 is 5.56. The molecule has 2 bridgehead atoms. The quantitative estimate of drug-likeness (QED) is 0.443. The molecule has 4 N–H and O–H groups in total. The van der Waals surface area contributed by atoms with Crippen LogP contribution in [0.25, 0.3) is 0 Å². The lowest BCUT2D eigenvalue weighted by molar-refractivity contribution is -1.15. The Hall–Kier alpha value is -0.200. The zero-order valence-electron chi connectivity index (χ0n) is 10.4. The third kappa shape index (κ3) is 2.35. The number of fused-ring (bicyclic) bond motifs is 2. The summed E-state index contributed by atoms with van der Waals surface area (Å²) in [4.78, 5) is 5.50. The predicted octanol–water partition coefficient (Wildman–Crippen LogP) is 1.20. The molecular weight excluding hydrogens is 218 g/mol. The number of ether oxygens (including phenoxy) is 1. The van der Waals surface area contributed by atoms with Gasteiger partial charge in [0.25, 0.3) is 0 Å². The average molecular weight is 242 g/mol. The number of hydrogen-bond acceptors (Lipinski definition) is 4.